The van der Waals surface area contributed by atoms with Crippen molar-refractivity contribution >= 4 is 21.4 Å². The zero-order chi connectivity index (χ0) is 14.0. The molecule has 0 amide bonds. The highest BCUT2D eigenvalue weighted by atomic mass is 35.5. The van der Waals surface area contributed by atoms with Gasteiger partial charge in [0.25, 0.3) is 0 Å². The van der Waals surface area contributed by atoms with Crippen molar-refractivity contribution in [3.8, 4) is 0 Å². The van der Waals surface area contributed by atoms with E-state index in [4.69, 9.17) is 11.6 Å². The molecule has 0 spiro atoms. The molecule has 2 unspecified atom stereocenters. The SMILES string of the molecule is CCNC(c1c(Cl)cnn1C)C1CCCCS1(=O)=O. The number of halogens is 1. The molecule has 1 aromatic rings. The molecule has 0 aromatic carbocycles. The Kier molecular flexibility index (Phi) is 4.53. The van der Waals surface area contributed by atoms with Gasteiger partial charge in [-0.2, -0.15) is 5.10 Å². The van der Waals surface area contributed by atoms with Crippen molar-refractivity contribution in [2.75, 3.05) is 12.3 Å². The first-order valence-electron chi connectivity index (χ1n) is 6.59. The third-order valence-corrected chi connectivity index (χ3v) is 6.24. The highest BCUT2D eigenvalue weighted by Crippen LogP contribution is 2.33. The summed E-state index contributed by atoms with van der Waals surface area (Å²) in [5, 5.41) is 7.49. The number of sulfone groups is 1. The van der Waals surface area contributed by atoms with Crippen molar-refractivity contribution in [1.29, 1.82) is 0 Å². The van der Waals surface area contributed by atoms with Crippen molar-refractivity contribution in [2.45, 2.75) is 37.5 Å². The van der Waals surface area contributed by atoms with Gasteiger partial charge in [-0.15, -0.1) is 0 Å². The van der Waals surface area contributed by atoms with Crippen LogP contribution in [0.25, 0.3) is 0 Å². The van der Waals surface area contributed by atoms with E-state index in [0.717, 1.165) is 18.5 Å². The molecule has 2 atom stereocenters. The monoisotopic (exact) mass is 305 g/mol. The molecule has 1 aliphatic rings. The number of hydrogen-bond acceptors (Lipinski definition) is 4. The Bertz CT molecular complexity index is 522. The van der Waals surface area contributed by atoms with Crippen LogP contribution in [0, 0.1) is 0 Å². The summed E-state index contributed by atoms with van der Waals surface area (Å²) in [4.78, 5) is 0. The van der Waals surface area contributed by atoms with Gasteiger partial charge in [0.05, 0.1) is 34.0 Å². The second-order valence-corrected chi connectivity index (χ2v) is 7.68. The van der Waals surface area contributed by atoms with Crippen LogP contribution in [0.4, 0.5) is 0 Å². The molecule has 7 heteroatoms. The van der Waals surface area contributed by atoms with Crippen molar-refractivity contribution in [1.82, 2.24) is 15.1 Å². The molecule has 1 aliphatic heterocycles. The number of rotatable bonds is 4. The first-order chi connectivity index (χ1) is 8.97. The molecule has 0 bridgehead atoms. The number of aromatic nitrogens is 2. The molecular formula is C12H20ClN3O2S. The van der Waals surface area contributed by atoms with E-state index in [9.17, 15) is 8.42 Å². The van der Waals surface area contributed by atoms with Crippen LogP contribution in [0.5, 0.6) is 0 Å². The summed E-state index contributed by atoms with van der Waals surface area (Å²) < 4.78 is 26.3. The summed E-state index contributed by atoms with van der Waals surface area (Å²) >= 11 is 6.17. The van der Waals surface area contributed by atoms with E-state index < -0.39 is 15.1 Å². The lowest BCUT2D eigenvalue weighted by Gasteiger charge is -2.31. The minimum atomic E-state index is -3.07. The van der Waals surface area contributed by atoms with Gasteiger partial charge in [-0.3, -0.25) is 4.68 Å². The second-order valence-electron chi connectivity index (χ2n) is 4.94. The predicted molar refractivity (Wildman–Crippen MR) is 76.1 cm³/mol. The van der Waals surface area contributed by atoms with E-state index in [2.05, 4.69) is 10.4 Å². The predicted octanol–water partition coefficient (Wildman–Crippen LogP) is 1.69. The fourth-order valence-electron chi connectivity index (χ4n) is 2.75. The van der Waals surface area contributed by atoms with Crippen molar-refractivity contribution in [3.05, 3.63) is 16.9 Å². The summed E-state index contributed by atoms with van der Waals surface area (Å²) in [6.45, 7) is 2.66. The summed E-state index contributed by atoms with van der Waals surface area (Å²) in [5.41, 5.74) is 0.763. The van der Waals surface area contributed by atoms with Gasteiger partial charge in [0.1, 0.15) is 0 Å². The fraction of sp³-hybridized carbons (Fsp3) is 0.750. The molecule has 2 rings (SSSR count). The largest absolute Gasteiger partial charge is 0.308 e. The van der Waals surface area contributed by atoms with E-state index >= 15 is 0 Å². The van der Waals surface area contributed by atoms with E-state index in [0.29, 0.717) is 18.0 Å². The number of nitrogens with zero attached hydrogens (tertiary/aromatic N) is 2. The first kappa shape index (κ1) is 14.8. The maximum atomic E-state index is 12.3. The van der Waals surface area contributed by atoms with Crippen LogP contribution < -0.4 is 5.32 Å². The summed E-state index contributed by atoms with van der Waals surface area (Å²) in [5.74, 6) is 0.273. The molecule has 1 fully saturated rings. The fourth-order valence-corrected chi connectivity index (χ4v) is 5.11. The van der Waals surface area contributed by atoms with E-state index in [1.807, 2.05) is 6.92 Å². The van der Waals surface area contributed by atoms with Gasteiger partial charge < -0.3 is 5.32 Å². The Labute approximate surface area is 119 Å². The van der Waals surface area contributed by atoms with Gasteiger partial charge in [-0.25, -0.2) is 8.42 Å². The molecule has 1 saturated heterocycles. The van der Waals surface area contributed by atoms with Gasteiger partial charge in [0.2, 0.25) is 0 Å². The van der Waals surface area contributed by atoms with Crippen molar-refractivity contribution in [3.63, 3.8) is 0 Å². The summed E-state index contributed by atoms with van der Waals surface area (Å²) in [6, 6.07) is -0.282. The Morgan fingerprint density at radius 3 is 2.84 bits per heavy atom. The lowest BCUT2D eigenvalue weighted by atomic mass is 10.0. The van der Waals surface area contributed by atoms with Gasteiger partial charge in [-0.05, 0) is 19.4 Å². The molecule has 2 heterocycles. The van der Waals surface area contributed by atoms with E-state index in [1.54, 1.807) is 17.9 Å². The summed E-state index contributed by atoms with van der Waals surface area (Å²) in [7, 11) is -1.27. The normalized spacial score (nSPS) is 24.3. The maximum Gasteiger partial charge on any atom is 0.155 e. The maximum absolute atomic E-state index is 12.3. The highest BCUT2D eigenvalue weighted by Gasteiger charge is 2.38. The molecule has 5 nitrogen and oxygen atoms in total. The lowest BCUT2D eigenvalue weighted by Crippen LogP contribution is -2.41. The minimum Gasteiger partial charge on any atom is -0.308 e. The molecule has 0 radical (unpaired) electrons. The second kappa shape index (κ2) is 5.81. The van der Waals surface area contributed by atoms with Gasteiger partial charge >= 0.3 is 0 Å². The van der Waals surface area contributed by atoms with E-state index in [-0.39, 0.29) is 11.8 Å². The van der Waals surface area contributed by atoms with Crippen LogP contribution in [0.15, 0.2) is 6.20 Å². The van der Waals surface area contributed by atoms with Crippen molar-refractivity contribution in [2.24, 2.45) is 7.05 Å². The third kappa shape index (κ3) is 2.95. The van der Waals surface area contributed by atoms with Gasteiger partial charge in [0, 0.05) is 7.05 Å². The van der Waals surface area contributed by atoms with Gasteiger partial charge in [-0.1, -0.05) is 24.9 Å². The van der Waals surface area contributed by atoms with Crippen LogP contribution in [0.1, 0.15) is 37.9 Å². The smallest absolute Gasteiger partial charge is 0.155 e. The molecule has 1 N–H and O–H groups in total. The molecular weight excluding hydrogens is 286 g/mol. The van der Waals surface area contributed by atoms with E-state index in [1.165, 1.54) is 0 Å². The zero-order valence-electron chi connectivity index (χ0n) is 11.3. The Morgan fingerprint density at radius 2 is 2.32 bits per heavy atom. The summed E-state index contributed by atoms with van der Waals surface area (Å²) in [6.07, 6.45) is 3.95. The van der Waals surface area contributed by atoms with Crippen LogP contribution >= 0.6 is 11.6 Å². The van der Waals surface area contributed by atoms with Crippen LogP contribution in [0.2, 0.25) is 5.02 Å². The molecule has 1 aromatic heterocycles. The van der Waals surface area contributed by atoms with Crippen LogP contribution in [-0.2, 0) is 16.9 Å². The van der Waals surface area contributed by atoms with Crippen LogP contribution in [-0.4, -0.2) is 35.7 Å². The molecule has 0 saturated carbocycles. The number of nitrogens with one attached hydrogen (secondary N) is 1. The topological polar surface area (TPSA) is 64.0 Å². The Hall–Kier alpha value is -0.590. The Balaban J connectivity index is 2.40. The minimum absolute atomic E-state index is 0.273. The first-order valence-corrected chi connectivity index (χ1v) is 8.69. The number of aryl methyl sites for hydroxylation is 1. The van der Waals surface area contributed by atoms with Crippen molar-refractivity contribution < 1.29 is 8.42 Å². The molecule has 108 valence electrons. The molecule has 19 heavy (non-hydrogen) atoms. The average Bonchev–Trinajstić information content (AvgIpc) is 2.67. The zero-order valence-corrected chi connectivity index (χ0v) is 12.8. The third-order valence-electron chi connectivity index (χ3n) is 3.66. The van der Waals surface area contributed by atoms with Crippen LogP contribution in [0.3, 0.4) is 0 Å². The number of hydrogen-bond donors (Lipinski definition) is 1. The van der Waals surface area contributed by atoms with Gasteiger partial charge in [0.15, 0.2) is 9.84 Å². The lowest BCUT2D eigenvalue weighted by molar-refractivity contribution is 0.435. The quantitative estimate of drug-likeness (QED) is 0.919. The Morgan fingerprint density at radius 1 is 1.58 bits per heavy atom. The average molecular weight is 306 g/mol. The molecule has 0 aliphatic carbocycles. The standard InChI is InChI=1S/C12H20ClN3O2S/c1-3-14-11(12-9(13)8-15-16(12)2)10-6-4-5-7-19(10,17)18/h8,10-11,14H,3-7H2,1-2H3. The highest BCUT2D eigenvalue weighted by molar-refractivity contribution is 7.92.